The fourth-order valence-electron chi connectivity index (χ4n) is 5.00. The Bertz CT molecular complexity index is 690. The summed E-state index contributed by atoms with van der Waals surface area (Å²) in [5.41, 5.74) is 0. The Morgan fingerprint density at radius 2 is 1.61 bits per heavy atom. The lowest BCUT2D eigenvalue weighted by molar-refractivity contribution is -0.140. The number of likely N-dealkylation sites (tertiary alicyclic amines) is 2. The predicted octanol–water partition coefficient (Wildman–Crippen LogP) is 3.43. The molecule has 1 atom stereocenters. The highest BCUT2D eigenvalue weighted by Crippen LogP contribution is 2.36. The van der Waals surface area contributed by atoms with Crippen molar-refractivity contribution in [1.29, 1.82) is 0 Å². The van der Waals surface area contributed by atoms with E-state index in [4.69, 9.17) is 4.42 Å². The molecule has 2 amide bonds. The highest BCUT2D eigenvalue weighted by molar-refractivity contribution is 5.79. The van der Waals surface area contributed by atoms with E-state index in [1.54, 1.807) is 0 Å². The van der Waals surface area contributed by atoms with Crippen molar-refractivity contribution in [2.24, 2.45) is 5.92 Å². The molecule has 2 saturated heterocycles. The van der Waals surface area contributed by atoms with Gasteiger partial charge in [-0.25, -0.2) is 0 Å². The van der Waals surface area contributed by atoms with E-state index in [0.717, 1.165) is 64.6 Å². The summed E-state index contributed by atoms with van der Waals surface area (Å²) in [6.45, 7) is 4.21. The van der Waals surface area contributed by atoms with Crippen molar-refractivity contribution in [3.63, 3.8) is 0 Å². The Kier molecular flexibility index (Phi) is 5.97. The molecule has 0 radical (unpaired) electrons. The molecule has 7 nitrogen and oxygen atoms in total. The van der Waals surface area contributed by atoms with Crippen LogP contribution >= 0.6 is 0 Å². The van der Waals surface area contributed by atoms with Crippen molar-refractivity contribution in [3.05, 3.63) is 11.8 Å². The summed E-state index contributed by atoms with van der Waals surface area (Å²) in [5, 5.41) is 8.69. The minimum absolute atomic E-state index is 0.0649. The average Bonchev–Trinajstić information content (AvgIpc) is 3.45. The van der Waals surface area contributed by atoms with Crippen LogP contribution in [0.1, 0.15) is 94.9 Å². The summed E-state index contributed by atoms with van der Waals surface area (Å²) in [6.07, 6.45) is 9.71. The summed E-state index contributed by atoms with van der Waals surface area (Å²) in [6, 6.07) is -0.0649. The lowest BCUT2D eigenvalue weighted by Crippen LogP contribution is -2.41. The minimum Gasteiger partial charge on any atom is -0.423 e. The van der Waals surface area contributed by atoms with Gasteiger partial charge in [-0.1, -0.05) is 19.8 Å². The molecule has 0 unspecified atom stereocenters. The molecule has 3 heterocycles. The first kappa shape index (κ1) is 19.4. The van der Waals surface area contributed by atoms with Crippen LogP contribution in [-0.4, -0.2) is 51.4 Å². The van der Waals surface area contributed by atoms with Gasteiger partial charge in [0, 0.05) is 37.9 Å². The molecule has 28 heavy (non-hydrogen) atoms. The van der Waals surface area contributed by atoms with E-state index in [2.05, 4.69) is 10.2 Å². The van der Waals surface area contributed by atoms with E-state index in [1.165, 1.54) is 12.8 Å². The lowest BCUT2D eigenvalue weighted by atomic mass is 9.96. The average molecular weight is 389 g/mol. The van der Waals surface area contributed by atoms with Crippen molar-refractivity contribution >= 4 is 11.8 Å². The number of nitrogens with zero attached hydrogens (tertiary/aromatic N) is 4. The van der Waals surface area contributed by atoms with Crippen LogP contribution in [0.4, 0.5) is 0 Å². The van der Waals surface area contributed by atoms with Crippen molar-refractivity contribution < 1.29 is 14.0 Å². The third-order valence-electron chi connectivity index (χ3n) is 6.73. The molecular formula is C21H32N4O3. The van der Waals surface area contributed by atoms with Gasteiger partial charge in [0.05, 0.1) is 0 Å². The Hall–Kier alpha value is -1.92. The zero-order valence-electron chi connectivity index (χ0n) is 16.9. The van der Waals surface area contributed by atoms with Crippen LogP contribution in [0.15, 0.2) is 4.42 Å². The Morgan fingerprint density at radius 1 is 0.929 bits per heavy atom. The highest BCUT2D eigenvalue weighted by Gasteiger charge is 2.37. The van der Waals surface area contributed by atoms with Gasteiger partial charge in [-0.05, 0) is 44.9 Å². The van der Waals surface area contributed by atoms with Crippen LogP contribution < -0.4 is 0 Å². The van der Waals surface area contributed by atoms with Crippen LogP contribution in [0, 0.1) is 5.92 Å². The number of aromatic nitrogens is 2. The van der Waals surface area contributed by atoms with Gasteiger partial charge in [-0.15, -0.1) is 10.2 Å². The molecule has 7 heteroatoms. The van der Waals surface area contributed by atoms with Gasteiger partial charge in [-0.3, -0.25) is 9.59 Å². The zero-order chi connectivity index (χ0) is 19.5. The van der Waals surface area contributed by atoms with Gasteiger partial charge < -0.3 is 14.2 Å². The molecule has 3 fully saturated rings. The van der Waals surface area contributed by atoms with Crippen LogP contribution in [0.25, 0.3) is 0 Å². The lowest BCUT2D eigenvalue weighted by Gasteiger charge is -2.35. The fraction of sp³-hybridized carbons (Fsp3) is 0.810. The van der Waals surface area contributed by atoms with E-state index in [-0.39, 0.29) is 29.7 Å². The van der Waals surface area contributed by atoms with Gasteiger partial charge in [0.15, 0.2) is 0 Å². The number of rotatable bonds is 4. The number of hydrogen-bond acceptors (Lipinski definition) is 5. The topological polar surface area (TPSA) is 79.5 Å². The van der Waals surface area contributed by atoms with Crippen molar-refractivity contribution in [2.45, 2.75) is 83.1 Å². The standard InChI is InChI=1S/C21H32N4O3/c1-2-18(26)24-13-10-15(11-14-24)19-22-23-20(28-19)17-9-5-6-12-25(17)21(27)16-7-3-4-8-16/h15-17H,2-14H2,1H3/t17-/m1/s1. The van der Waals surface area contributed by atoms with Crippen LogP contribution in [-0.2, 0) is 9.59 Å². The first-order chi connectivity index (χ1) is 13.7. The molecule has 154 valence electrons. The smallest absolute Gasteiger partial charge is 0.238 e. The molecule has 1 aromatic rings. The van der Waals surface area contributed by atoms with Crippen molar-refractivity contribution in [3.8, 4) is 0 Å². The summed E-state index contributed by atoms with van der Waals surface area (Å²) in [5.74, 6) is 2.18. The normalized spacial score (nSPS) is 24.7. The molecule has 0 aromatic carbocycles. The number of piperidine rings is 2. The van der Waals surface area contributed by atoms with Gasteiger partial charge in [0.25, 0.3) is 0 Å². The molecule has 2 aliphatic heterocycles. The van der Waals surface area contributed by atoms with Crippen LogP contribution in [0.5, 0.6) is 0 Å². The van der Waals surface area contributed by atoms with Crippen LogP contribution in [0.3, 0.4) is 0 Å². The SMILES string of the molecule is CCC(=O)N1CCC(c2nnc([C@H]3CCCCN3C(=O)C3CCCC3)o2)CC1. The molecule has 0 N–H and O–H groups in total. The summed E-state index contributed by atoms with van der Waals surface area (Å²) < 4.78 is 6.11. The van der Waals surface area contributed by atoms with Gasteiger partial charge >= 0.3 is 0 Å². The van der Waals surface area contributed by atoms with Gasteiger partial charge in [0.1, 0.15) is 6.04 Å². The number of carbonyl (C=O) groups excluding carboxylic acids is 2. The minimum atomic E-state index is -0.0649. The summed E-state index contributed by atoms with van der Waals surface area (Å²) in [4.78, 5) is 28.8. The summed E-state index contributed by atoms with van der Waals surface area (Å²) >= 11 is 0. The fourth-order valence-corrected chi connectivity index (χ4v) is 5.00. The predicted molar refractivity (Wildman–Crippen MR) is 103 cm³/mol. The van der Waals surface area contributed by atoms with E-state index in [0.29, 0.717) is 18.2 Å². The maximum absolute atomic E-state index is 13.0. The van der Waals surface area contributed by atoms with Crippen molar-refractivity contribution in [2.75, 3.05) is 19.6 Å². The van der Waals surface area contributed by atoms with Gasteiger partial charge in [-0.2, -0.15) is 0 Å². The second kappa shape index (κ2) is 8.62. The molecule has 1 saturated carbocycles. The van der Waals surface area contributed by atoms with Crippen molar-refractivity contribution in [1.82, 2.24) is 20.0 Å². The van der Waals surface area contributed by atoms with E-state index >= 15 is 0 Å². The zero-order valence-corrected chi connectivity index (χ0v) is 16.9. The van der Waals surface area contributed by atoms with Crippen LogP contribution in [0.2, 0.25) is 0 Å². The maximum atomic E-state index is 13.0. The highest BCUT2D eigenvalue weighted by atomic mass is 16.4. The first-order valence-electron chi connectivity index (χ1n) is 11.1. The molecular weight excluding hydrogens is 356 g/mol. The van der Waals surface area contributed by atoms with E-state index in [1.807, 2.05) is 16.7 Å². The third kappa shape index (κ3) is 3.94. The largest absolute Gasteiger partial charge is 0.423 e. The van der Waals surface area contributed by atoms with E-state index in [9.17, 15) is 9.59 Å². The monoisotopic (exact) mass is 388 g/mol. The van der Waals surface area contributed by atoms with E-state index < -0.39 is 0 Å². The number of amides is 2. The first-order valence-corrected chi connectivity index (χ1v) is 11.1. The molecule has 3 aliphatic rings. The molecule has 0 spiro atoms. The Labute approximate surface area is 166 Å². The van der Waals surface area contributed by atoms with Gasteiger partial charge in [0.2, 0.25) is 23.6 Å². The Balaban J connectivity index is 1.42. The summed E-state index contributed by atoms with van der Waals surface area (Å²) in [7, 11) is 0. The quantitative estimate of drug-likeness (QED) is 0.789. The molecule has 0 bridgehead atoms. The molecule has 4 rings (SSSR count). The Morgan fingerprint density at radius 3 is 2.32 bits per heavy atom. The second-order valence-electron chi connectivity index (χ2n) is 8.51. The second-order valence-corrected chi connectivity index (χ2v) is 8.51. The number of hydrogen-bond donors (Lipinski definition) is 0. The molecule has 1 aromatic heterocycles. The maximum Gasteiger partial charge on any atom is 0.238 e. The third-order valence-corrected chi connectivity index (χ3v) is 6.73. The molecule has 1 aliphatic carbocycles. The number of carbonyl (C=O) groups is 2.